The Morgan fingerprint density at radius 3 is 2.44 bits per heavy atom. The minimum Gasteiger partial charge on any atom is -0.361 e. The molecule has 0 amide bonds. The van der Waals surface area contributed by atoms with Crippen molar-refractivity contribution in [1.82, 2.24) is 20.0 Å². The summed E-state index contributed by atoms with van der Waals surface area (Å²) >= 11 is 0. The minimum absolute atomic E-state index is 0.862. The lowest BCUT2D eigenvalue weighted by molar-refractivity contribution is 0.247. The van der Waals surface area contributed by atoms with Gasteiger partial charge in [-0.25, -0.2) is 4.98 Å². The zero-order chi connectivity index (χ0) is 17.2. The quantitative estimate of drug-likeness (QED) is 0.842. The second-order valence-electron chi connectivity index (χ2n) is 6.97. The van der Waals surface area contributed by atoms with E-state index in [2.05, 4.69) is 24.8 Å². The topological polar surface area (TPSA) is 61.5 Å². The number of nitrogens with zero attached hydrogens (tertiary/aromatic N) is 6. The Bertz CT molecular complexity index is 697. The smallest absolute Gasteiger partial charge is 0.227 e. The van der Waals surface area contributed by atoms with Gasteiger partial charge >= 0.3 is 0 Å². The molecule has 2 aliphatic rings. The van der Waals surface area contributed by atoms with Gasteiger partial charge in [0.15, 0.2) is 0 Å². The molecule has 2 aromatic rings. The summed E-state index contributed by atoms with van der Waals surface area (Å²) < 4.78 is 5.28. The summed E-state index contributed by atoms with van der Waals surface area (Å²) in [5.41, 5.74) is 2.22. The SMILES string of the molecule is Cc1noc(C)c1CN1CCN(c2nccc(N3CCCC3)n2)CC1. The van der Waals surface area contributed by atoms with Crippen LogP contribution in [0.15, 0.2) is 16.8 Å². The molecule has 0 aromatic carbocycles. The Labute approximate surface area is 148 Å². The van der Waals surface area contributed by atoms with Gasteiger partial charge in [-0.3, -0.25) is 4.90 Å². The standard InChI is InChI=1S/C18H26N6O/c1-14-16(15(2)25-21-14)13-22-9-11-24(12-10-22)18-19-6-5-17(20-18)23-7-3-4-8-23/h5-6H,3-4,7-13H2,1-2H3. The zero-order valence-corrected chi connectivity index (χ0v) is 15.1. The van der Waals surface area contributed by atoms with Crippen molar-refractivity contribution < 1.29 is 4.52 Å². The third-order valence-corrected chi connectivity index (χ3v) is 5.28. The highest BCUT2D eigenvalue weighted by Gasteiger charge is 2.22. The zero-order valence-electron chi connectivity index (χ0n) is 15.1. The Hall–Kier alpha value is -2.15. The predicted molar refractivity (Wildman–Crippen MR) is 96.9 cm³/mol. The maximum absolute atomic E-state index is 5.28. The first-order chi connectivity index (χ1) is 12.2. The summed E-state index contributed by atoms with van der Waals surface area (Å²) in [6.07, 6.45) is 4.42. The van der Waals surface area contributed by atoms with Gasteiger partial charge in [-0.15, -0.1) is 0 Å². The fourth-order valence-corrected chi connectivity index (χ4v) is 3.67. The van der Waals surface area contributed by atoms with Crippen LogP contribution < -0.4 is 9.80 Å². The molecule has 0 spiro atoms. The highest BCUT2D eigenvalue weighted by Crippen LogP contribution is 2.21. The summed E-state index contributed by atoms with van der Waals surface area (Å²) in [7, 11) is 0. The van der Waals surface area contributed by atoms with E-state index in [0.29, 0.717) is 0 Å². The Kier molecular flexibility index (Phi) is 4.57. The van der Waals surface area contributed by atoms with Crippen LogP contribution in [0.25, 0.3) is 0 Å². The van der Waals surface area contributed by atoms with Gasteiger partial charge in [-0.2, -0.15) is 4.98 Å². The highest BCUT2D eigenvalue weighted by molar-refractivity contribution is 5.44. The van der Waals surface area contributed by atoms with Crippen LogP contribution in [-0.4, -0.2) is 59.3 Å². The number of rotatable bonds is 4. The molecule has 0 N–H and O–H groups in total. The number of hydrogen-bond acceptors (Lipinski definition) is 7. The van der Waals surface area contributed by atoms with Crippen LogP contribution in [-0.2, 0) is 6.54 Å². The van der Waals surface area contributed by atoms with Crippen molar-refractivity contribution in [1.29, 1.82) is 0 Å². The second-order valence-corrected chi connectivity index (χ2v) is 6.97. The van der Waals surface area contributed by atoms with Crippen LogP contribution in [0.1, 0.15) is 29.9 Å². The lowest BCUT2D eigenvalue weighted by Crippen LogP contribution is -2.46. The van der Waals surface area contributed by atoms with Crippen molar-refractivity contribution in [2.75, 3.05) is 49.1 Å². The van der Waals surface area contributed by atoms with Crippen LogP contribution in [0.2, 0.25) is 0 Å². The number of aryl methyl sites for hydroxylation is 2. The van der Waals surface area contributed by atoms with Crippen molar-refractivity contribution in [2.24, 2.45) is 0 Å². The van der Waals surface area contributed by atoms with Crippen LogP contribution in [0.5, 0.6) is 0 Å². The van der Waals surface area contributed by atoms with Crippen molar-refractivity contribution in [3.63, 3.8) is 0 Å². The first-order valence-electron chi connectivity index (χ1n) is 9.18. The van der Waals surface area contributed by atoms with Gasteiger partial charge in [0, 0.05) is 57.6 Å². The van der Waals surface area contributed by atoms with Crippen LogP contribution in [0, 0.1) is 13.8 Å². The largest absolute Gasteiger partial charge is 0.361 e. The lowest BCUT2D eigenvalue weighted by Gasteiger charge is -2.34. The Morgan fingerprint density at radius 1 is 1.00 bits per heavy atom. The summed E-state index contributed by atoms with van der Waals surface area (Å²) in [6.45, 7) is 11.0. The predicted octanol–water partition coefficient (Wildman–Crippen LogP) is 2.00. The van der Waals surface area contributed by atoms with E-state index >= 15 is 0 Å². The molecule has 0 radical (unpaired) electrons. The van der Waals surface area contributed by atoms with E-state index < -0.39 is 0 Å². The fraction of sp³-hybridized carbons (Fsp3) is 0.611. The fourth-order valence-electron chi connectivity index (χ4n) is 3.67. The van der Waals surface area contributed by atoms with Crippen LogP contribution in [0.3, 0.4) is 0 Å². The molecule has 134 valence electrons. The van der Waals surface area contributed by atoms with Crippen molar-refractivity contribution in [3.05, 3.63) is 29.3 Å². The normalized spacial score (nSPS) is 19.0. The second kappa shape index (κ2) is 7.00. The third-order valence-electron chi connectivity index (χ3n) is 5.28. The molecule has 2 fully saturated rings. The van der Waals surface area contributed by atoms with E-state index in [0.717, 1.165) is 69.0 Å². The van der Waals surface area contributed by atoms with E-state index in [4.69, 9.17) is 9.51 Å². The average molecular weight is 342 g/mol. The molecule has 0 bridgehead atoms. The number of anilines is 2. The van der Waals surface area contributed by atoms with Crippen LogP contribution in [0.4, 0.5) is 11.8 Å². The molecule has 2 aliphatic heterocycles. The van der Waals surface area contributed by atoms with E-state index in [-0.39, 0.29) is 0 Å². The Morgan fingerprint density at radius 2 is 1.76 bits per heavy atom. The van der Waals surface area contributed by atoms with E-state index in [1.165, 1.54) is 18.4 Å². The lowest BCUT2D eigenvalue weighted by atomic mass is 10.2. The van der Waals surface area contributed by atoms with Gasteiger partial charge in [-0.05, 0) is 32.8 Å². The molecule has 2 aromatic heterocycles. The highest BCUT2D eigenvalue weighted by atomic mass is 16.5. The summed E-state index contributed by atoms with van der Waals surface area (Å²) in [6, 6.07) is 2.03. The molecule has 0 atom stereocenters. The van der Waals surface area contributed by atoms with Crippen molar-refractivity contribution >= 4 is 11.8 Å². The summed E-state index contributed by atoms with van der Waals surface area (Å²) in [5, 5.41) is 4.05. The maximum Gasteiger partial charge on any atom is 0.227 e. The summed E-state index contributed by atoms with van der Waals surface area (Å²) in [5.74, 6) is 2.86. The first-order valence-corrected chi connectivity index (χ1v) is 9.18. The Balaban J connectivity index is 1.38. The third kappa shape index (κ3) is 3.46. The van der Waals surface area contributed by atoms with Crippen LogP contribution >= 0.6 is 0 Å². The molecule has 4 heterocycles. The molecule has 0 unspecified atom stereocenters. The molecular formula is C18H26N6O. The molecular weight excluding hydrogens is 316 g/mol. The van der Waals surface area contributed by atoms with Gasteiger partial charge in [0.05, 0.1) is 5.69 Å². The molecule has 4 rings (SSSR count). The average Bonchev–Trinajstić information content (AvgIpc) is 3.29. The minimum atomic E-state index is 0.862. The van der Waals surface area contributed by atoms with Crippen molar-refractivity contribution in [3.8, 4) is 0 Å². The molecule has 0 aliphatic carbocycles. The monoisotopic (exact) mass is 342 g/mol. The summed E-state index contributed by atoms with van der Waals surface area (Å²) in [4.78, 5) is 16.4. The van der Waals surface area contributed by atoms with E-state index in [1.807, 2.05) is 26.1 Å². The molecule has 0 saturated carbocycles. The van der Waals surface area contributed by atoms with Gasteiger partial charge in [-0.1, -0.05) is 5.16 Å². The van der Waals surface area contributed by atoms with E-state index in [9.17, 15) is 0 Å². The molecule has 7 heteroatoms. The molecule has 25 heavy (non-hydrogen) atoms. The number of hydrogen-bond donors (Lipinski definition) is 0. The van der Waals surface area contributed by atoms with Gasteiger partial charge in [0.25, 0.3) is 0 Å². The maximum atomic E-state index is 5.28. The number of aromatic nitrogens is 3. The van der Waals surface area contributed by atoms with Gasteiger partial charge < -0.3 is 14.3 Å². The van der Waals surface area contributed by atoms with Crippen molar-refractivity contribution in [2.45, 2.75) is 33.2 Å². The molecule has 2 saturated heterocycles. The number of piperazine rings is 1. The van der Waals surface area contributed by atoms with E-state index in [1.54, 1.807) is 0 Å². The van der Waals surface area contributed by atoms with Gasteiger partial charge in [0.2, 0.25) is 5.95 Å². The first kappa shape index (κ1) is 16.3. The molecule has 7 nitrogen and oxygen atoms in total. The van der Waals surface area contributed by atoms with Gasteiger partial charge in [0.1, 0.15) is 11.6 Å².